The highest BCUT2D eigenvalue weighted by Crippen LogP contribution is 2.25. The van der Waals surface area contributed by atoms with E-state index in [2.05, 4.69) is 23.5 Å². The highest BCUT2D eigenvalue weighted by molar-refractivity contribution is 5.85. The van der Waals surface area contributed by atoms with Gasteiger partial charge in [-0.25, -0.2) is 4.79 Å². The van der Waals surface area contributed by atoms with Gasteiger partial charge in [-0.3, -0.25) is 0 Å². The number of fused-ring (bicyclic) bond motifs is 2. The highest BCUT2D eigenvalue weighted by Gasteiger charge is 2.14. The maximum Gasteiger partial charge on any atom is 0.316 e. The zero-order valence-electron chi connectivity index (χ0n) is 9.23. The Morgan fingerprint density at radius 3 is 2.88 bits per heavy atom. The van der Waals surface area contributed by atoms with Crippen molar-refractivity contribution in [2.45, 2.75) is 6.42 Å². The average Bonchev–Trinajstić information content (AvgIpc) is 2.65. The van der Waals surface area contributed by atoms with Gasteiger partial charge < -0.3 is 11.1 Å². The molecular formula is C14H12N2O. The van der Waals surface area contributed by atoms with E-state index >= 15 is 0 Å². The predicted octanol–water partition coefficient (Wildman–Crippen LogP) is 0.514. The lowest BCUT2D eigenvalue weighted by molar-refractivity contribution is 0.251. The van der Waals surface area contributed by atoms with Gasteiger partial charge in [0.1, 0.15) is 0 Å². The number of carbonyl (C=O) groups is 1. The fraction of sp³-hybridized carbons (Fsp3) is 0.0714. The first-order chi connectivity index (χ1) is 8.24. The van der Waals surface area contributed by atoms with Crippen molar-refractivity contribution in [3.63, 3.8) is 0 Å². The van der Waals surface area contributed by atoms with E-state index in [9.17, 15) is 4.79 Å². The summed E-state index contributed by atoms with van der Waals surface area (Å²) >= 11 is 0. The van der Waals surface area contributed by atoms with Crippen LogP contribution >= 0.6 is 0 Å². The van der Waals surface area contributed by atoms with Crippen LogP contribution in [0.15, 0.2) is 47.7 Å². The van der Waals surface area contributed by atoms with Gasteiger partial charge in [-0.2, -0.15) is 0 Å². The topological polar surface area (TPSA) is 55.1 Å². The summed E-state index contributed by atoms with van der Waals surface area (Å²) in [7, 11) is 0. The SMILES string of the molecule is NC(=O)NC1=CCC2=c3ccccc3=CC2=C1. The number of amides is 2. The highest BCUT2D eigenvalue weighted by atomic mass is 16.2. The summed E-state index contributed by atoms with van der Waals surface area (Å²) < 4.78 is 0. The number of nitrogens with one attached hydrogen (secondary N) is 1. The minimum Gasteiger partial charge on any atom is -0.351 e. The lowest BCUT2D eigenvalue weighted by Gasteiger charge is -2.12. The molecule has 0 bridgehead atoms. The Morgan fingerprint density at radius 2 is 2.06 bits per heavy atom. The van der Waals surface area contributed by atoms with Gasteiger partial charge >= 0.3 is 6.03 Å². The zero-order valence-corrected chi connectivity index (χ0v) is 9.23. The summed E-state index contributed by atoms with van der Waals surface area (Å²) in [6.07, 6.45) is 6.92. The molecule has 1 aromatic rings. The van der Waals surface area contributed by atoms with E-state index in [0.717, 1.165) is 17.7 Å². The lowest BCUT2D eigenvalue weighted by atomic mass is 9.98. The van der Waals surface area contributed by atoms with Gasteiger partial charge in [-0.05, 0) is 40.2 Å². The van der Waals surface area contributed by atoms with Crippen LogP contribution in [0.3, 0.4) is 0 Å². The molecule has 0 fully saturated rings. The molecule has 3 N–H and O–H groups in total. The third-order valence-corrected chi connectivity index (χ3v) is 3.05. The Kier molecular flexibility index (Phi) is 2.11. The second-order valence-electron chi connectivity index (χ2n) is 4.16. The molecule has 0 heterocycles. The van der Waals surface area contributed by atoms with Crippen molar-refractivity contribution >= 4 is 17.7 Å². The molecule has 17 heavy (non-hydrogen) atoms. The molecule has 3 rings (SSSR count). The van der Waals surface area contributed by atoms with E-state index in [0.29, 0.717) is 0 Å². The van der Waals surface area contributed by atoms with Crippen LogP contribution in [-0.2, 0) is 0 Å². The molecule has 0 aromatic heterocycles. The summed E-state index contributed by atoms with van der Waals surface area (Å²) in [5.74, 6) is 0. The van der Waals surface area contributed by atoms with E-state index in [1.807, 2.05) is 24.3 Å². The van der Waals surface area contributed by atoms with Crippen LogP contribution in [-0.4, -0.2) is 6.03 Å². The summed E-state index contributed by atoms with van der Waals surface area (Å²) in [5, 5.41) is 5.14. The van der Waals surface area contributed by atoms with Crippen molar-refractivity contribution in [3.8, 4) is 0 Å². The minimum atomic E-state index is -0.521. The molecule has 84 valence electrons. The molecule has 0 aliphatic heterocycles. The van der Waals surface area contributed by atoms with E-state index in [-0.39, 0.29) is 0 Å². The van der Waals surface area contributed by atoms with Crippen LogP contribution in [0, 0.1) is 0 Å². The van der Waals surface area contributed by atoms with Crippen molar-refractivity contribution in [1.82, 2.24) is 5.32 Å². The molecule has 3 heteroatoms. The van der Waals surface area contributed by atoms with Crippen LogP contribution in [0.5, 0.6) is 0 Å². The number of benzene rings is 1. The van der Waals surface area contributed by atoms with Crippen molar-refractivity contribution in [1.29, 1.82) is 0 Å². The van der Waals surface area contributed by atoms with Crippen molar-refractivity contribution in [2.75, 3.05) is 0 Å². The number of hydrogen-bond donors (Lipinski definition) is 2. The zero-order chi connectivity index (χ0) is 11.8. The van der Waals surface area contributed by atoms with Gasteiger partial charge in [0.15, 0.2) is 0 Å². The monoisotopic (exact) mass is 224 g/mol. The average molecular weight is 224 g/mol. The van der Waals surface area contributed by atoms with Gasteiger partial charge in [0.05, 0.1) is 0 Å². The minimum absolute atomic E-state index is 0.521. The first kappa shape index (κ1) is 9.90. The van der Waals surface area contributed by atoms with Gasteiger partial charge in [-0.15, -0.1) is 0 Å². The first-order valence-electron chi connectivity index (χ1n) is 5.53. The Balaban J connectivity index is 2.07. The fourth-order valence-corrected chi connectivity index (χ4v) is 2.33. The van der Waals surface area contributed by atoms with Crippen molar-refractivity contribution in [3.05, 3.63) is 58.1 Å². The third kappa shape index (κ3) is 1.65. The van der Waals surface area contributed by atoms with Gasteiger partial charge in [0, 0.05) is 5.70 Å². The summed E-state index contributed by atoms with van der Waals surface area (Å²) in [5.41, 5.74) is 8.37. The number of nitrogens with two attached hydrogens (primary N) is 1. The number of hydrogen-bond acceptors (Lipinski definition) is 1. The number of urea groups is 1. The maximum absolute atomic E-state index is 10.8. The van der Waals surface area contributed by atoms with E-state index < -0.39 is 6.03 Å². The predicted molar refractivity (Wildman–Crippen MR) is 67.1 cm³/mol. The Bertz CT molecular complexity index is 680. The molecular weight excluding hydrogens is 212 g/mol. The van der Waals surface area contributed by atoms with Gasteiger partial charge in [0.2, 0.25) is 0 Å². The molecule has 0 unspecified atom stereocenters. The lowest BCUT2D eigenvalue weighted by Crippen LogP contribution is -2.28. The number of rotatable bonds is 1. The molecule has 0 spiro atoms. The summed E-state index contributed by atoms with van der Waals surface area (Å²) in [6.45, 7) is 0. The molecule has 2 aliphatic rings. The first-order valence-corrected chi connectivity index (χ1v) is 5.53. The van der Waals surface area contributed by atoms with E-state index in [1.54, 1.807) is 0 Å². The van der Waals surface area contributed by atoms with Crippen LogP contribution in [0.1, 0.15) is 6.42 Å². The van der Waals surface area contributed by atoms with Crippen LogP contribution in [0.2, 0.25) is 0 Å². The summed E-state index contributed by atoms with van der Waals surface area (Å²) in [4.78, 5) is 10.8. The van der Waals surface area contributed by atoms with E-state index in [1.165, 1.54) is 16.0 Å². The number of allylic oxidation sites excluding steroid dienone is 3. The maximum atomic E-state index is 10.8. The second kappa shape index (κ2) is 3.63. The molecule has 1 aromatic carbocycles. The fourth-order valence-electron chi connectivity index (χ4n) is 2.33. The molecule has 0 atom stereocenters. The molecule has 0 saturated carbocycles. The molecule has 2 amide bonds. The smallest absolute Gasteiger partial charge is 0.316 e. The van der Waals surface area contributed by atoms with Crippen LogP contribution < -0.4 is 21.5 Å². The van der Waals surface area contributed by atoms with Crippen LogP contribution in [0.4, 0.5) is 4.79 Å². The largest absolute Gasteiger partial charge is 0.351 e. The van der Waals surface area contributed by atoms with E-state index in [4.69, 9.17) is 5.73 Å². The molecule has 0 radical (unpaired) electrons. The van der Waals surface area contributed by atoms with Crippen molar-refractivity contribution in [2.24, 2.45) is 5.73 Å². The second-order valence-corrected chi connectivity index (χ2v) is 4.16. The number of carbonyl (C=O) groups excluding carboxylic acids is 1. The van der Waals surface area contributed by atoms with Gasteiger partial charge in [0.25, 0.3) is 0 Å². The van der Waals surface area contributed by atoms with Crippen LogP contribution in [0.25, 0.3) is 11.6 Å². The van der Waals surface area contributed by atoms with Crippen molar-refractivity contribution < 1.29 is 4.79 Å². The molecule has 0 saturated heterocycles. The van der Waals surface area contributed by atoms with Gasteiger partial charge in [-0.1, -0.05) is 30.3 Å². The quantitative estimate of drug-likeness (QED) is 0.717. The number of primary amides is 1. The Labute approximate surface area is 98.6 Å². The normalized spacial score (nSPS) is 16.4. The third-order valence-electron chi connectivity index (χ3n) is 3.05. The molecule has 2 aliphatic carbocycles. The Morgan fingerprint density at radius 1 is 1.24 bits per heavy atom. The Hall–Kier alpha value is -2.29. The summed E-state index contributed by atoms with van der Waals surface area (Å²) in [6, 6.07) is 7.78. The standard InChI is InChI=1S/C14H12N2O/c15-14(17)16-11-5-6-13-10(8-11)7-9-3-1-2-4-12(9)13/h1-5,7-8H,6H2,(H3,15,16,17). The molecule has 3 nitrogen and oxygen atoms in total.